The third-order valence-corrected chi connectivity index (χ3v) is 3.44. The van der Waals surface area contributed by atoms with E-state index in [0.717, 1.165) is 5.56 Å². The van der Waals surface area contributed by atoms with E-state index in [-0.39, 0.29) is 22.7 Å². The van der Waals surface area contributed by atoms with E-state index in [9.17, 15) is 9.90 Å². The summed E-state index contributed by atoms with van der Waals surface area (Å²) >= 11 is 11.6. The summed E-state index contributed by atoms with van der Waals surface area (Å²) in [6, 6.07) is 4.14. The normalized spacial score (nSPS) is 12.0. The summed E-state index contributed by atoms with van der Waals surface area (Å²) in [5, 5.41) is 12.8. The number of ether oxygens (including phenoxy) is 1. The number of aromatic nitrogens is 2. The SMILES string of the molecule is CN[C@@H](Cc1cncc(O)c1)C(=O)OCc1cc(Cl)nc(Cl)c1. The number of nitrogens with zero attached hydrogens (tertiary/aromatic N) is 2. The highest BCUT2D eigenvalue weighted by molar-refractivity contribution is 6.32. The highest BCUT2D eigenvalue weighted by Gasteiger charge is 2.19. The molecule has 2 aromatic rings. The maximum absolute atomic E-state index is 12.2. The second-order valence-electron chi connectivity index (χ2n) is 4.83. The summed E-state index contributed by atoms with van der Waals surface area (Å²) in [7, 11) is 1.66. The van der Waals surface area contributed by atoms with E-state index >= 15 is 0 Å². The average Bonchev–Trinajstić information content (AvgIpc) is 2.49. The predicted molar refractivity (Wildman–Crippen MR) is 86.5 cm³/mol. The summed E-state index contributed by atoms with van der Waals surface area (Å²) in [5.74, 6) is -0.383. The Kier molecular flexibility index (Phi) is 6.15. The summed E-state index contributed by atoms with van der Waals surface area (Å²) < 4.78 is 5.26. The monoisotopic (exact) mass is 355 g/mol. The number of pyridine rings is 2. The zero-order chi connectivity index (χ0) is 16.8. The van der Waals surface area contributed by atoms with E-state index in [1.807, 2.05) is 0 Å². The summed E-state index contributed by atoms with van der Waals surface area (Å²) in [6.07, 6.45) is 3.25. The van der Waals surface area contributed by atoms with Gasteiger partial charge < -0.3 is 15.2 Å². The molecule has 0 aliphatic carbocycles. The van der Waals surface area contributed by atoms with Crippen LogP contribution in [0, 0.1) is 0 Å². The maximum atomic E-state index is 12.2. The van der Waals surface area contributed by atoms with Gasteiger partial charge in [0.05, 0.1) is 6.20 Å². The molecule has 2 N–H and O–H groups in total. The Bertz CT molecular complexity index is 677. The number of esters is 1. The topological polar surface area (TPSA) is 84.3 Å². The van der Waals surface area contributed by atoms with Crippen molar-refractivity contribution in [3.05, 3.63) is 52.0 Å². The van der Waals surface area contributed by atoms with Crippen molar-refractivity contribution in [3.8, 4) is 5.75 Å². The van der Waals surface area contributed by atoms with Crippen molar-refractivity contribution in [1.82, 2.24) is 15.3 Å². The van der Waals surface area contributed by atoms with Gasteiger partial charge in [0, 0.05) is 12.6 Å². The van der Waals surface area contributed by atoms with Crippen LogP contribution in [0.2, 0.25) is 10.3 Å². The first-order valence-electron chi connectivity index (χ1n) is 6.76. The fourth-order valence-corrected chi connectivity index (χ4v) is 2.48. The van der Waals surface area contributed by atoms with Crippen molar-refractivity contribution < 1.29 is 14.6 Å². The van der Waals surface area contributed by atoms with Crippen LogP contribution in [0.15, 0.2) is 30.6 Å². The van der Waals surface area contributed by atoms with Gasteiger partial charge in [0.2, 0.25) is 0 Å². The van der Waals surface area contributed by atoms with Crippen molar-refractivity contribution in [2.75, 3.05) is 7.05 Å². The van der Waals surface area contributed by atoms with Gasteiger partial charge in [-0.1, -0.05) is 23.2 Å². The standard InChI is InChI=1S/C15H15Cl2N3O3/c1-18-12(3-9-2-11(21)7-19-6-9)15(22)23-8-10-4-13(16)20-14(17)5-10/h2,4-7,12,18,21H,3,8H2,1H3/t12-/m0/s1. The number of rotatable bonds is 6. The number of carbonyl (C=O) groups excluding carboxylic acids is 1. The highest BCUT2D eigenvalue weighted by atomic mass is 35.5. The molecule has 23 heavy (non-hydrogen) atoms. The van der Waals surface area contributed by atoms with Crippen LogP contribution >= 0.6 is 23.2 Å². The molecule has 8 heteroatoms. The Labute approximate surface area is 143 Å². The van der Waals surface area contributed by atoms with Crippen molar-refractivity contribution in [1.29, 1.82) is 0 Å². The molecule has 0 unspecified atom stereocenters. The highest BCUT2D eigenvalue weighted by Crippen LogP contribution is 2.16. The van der Waals surface area contributed by atoms with Gasteiger partial charge in [0.15, 0.2) is 0 Å². The third kappa shape index (κ3) is 5.35. The molecule has 6 nitrogen and oxygen atoms in total. The van der Waals surface area contributed by atoms with Crippen LogP contribution in [-0.4, -0.2) is 34.1 Å². The van der Waals surface area contributed by atoms with Crippen LogP contribution in [0.4, 0.5) is 0 Å². The number of likely N-dealkylation sites (N-methyl/N-ethyl adjacent to an activating group) is 1. The van der Waals surface area contributed by atoms with E-state index in [0.29, 0.717) is 12.0 Å². The maximum Gasteiger partial charge on any atom is 0.323 e. The molecular weight excluding hydrogens is 341 g/mol. The van der Waals surface area contributed by atoms with Gasteiger partial charge in [-0.3, -0.25) is 9.78 Å². The predicted octanol–water partition coefficient (Wildman–Crippen LogP) is 2.36. The molecule has 0 bridgehead atoms. The van der Waals surface area contributed by atoms with Gasteiger partial charge in [-0.05, 0) is 36.4 Å². The van der Waals surface area contributed by atoms with E-state index in [2.05, 4.69) is 15.3 Å². The molecule has 0 radical (unpaired) electrons. The quantitative estimate of drug-likeness (QED) is 0.611. The molecule has 0 amide bonds. The van der Waals surface area contributed by atoms with E-state index in [1.54, 1.807) is 31.4 Å². The average molecular weight is 356 g/mol. The first-order valence-corrected chi connectivity index (χ1v) is 7.52. The van der Waals surface area contributed by atoms with Crippen LogP contribution in [-0.2, 0) is 22.6 Å². The Morgan fingerprint density at radius 1 is 1.26 bits per heavy atom. The van der Waals surface area contributed by atoms with Crippen LogP contribution in [0.5, 0.6) is 5.75 Å². The van der Waals surface area contributed by atoms with Gasteiger partial charge in [-0.2, -0.15) is 0 Å². The van der Waals surface area contributed by atoms with Gasteiger partial charge in [0.1, 0.15) is 28.7 Å². The van der Waals surface area contributed by atoms with Crippen LogP contribution < -0.4 is 5.32 Å². The molecule has 2 heterocycles. The lowest BCUT2D eigenvalue weighted by Crippen LogP contribution is -2.37. The summed E-state index contributed by atoms with van der Waals surface area (Å²) in [5.41, 5.74) is 1.37. The van der Waals surface area contributed by atoms with Crippen molar-refractivity contribution in [2.24, 2.45) is 0 Å². The second-order valence-corrected chi connectivity index (χ2v) is 5.60. The zero-order valence-electron chi connectivity index (χ0n) is 12.3. The van der Waals surface area contributed by atoms with E-state index in [4.69, 9.17) is 27.9 Å². The summed E-state index contributed by atoms with van der Waals surface area (Å²) in [4.78, 5) is 19.9. The number of nitrogens with one attached hydrogen (secondary N) is 1. The minimum absolute atomic E-state index is 0.0390. The first kappa shape index (κ1) is 17.5. The Hall–Kier alpha value is -1.89. The van der Waals surface area contributed by atoms with E-state index < -0.39 is 12.0 Å². The number of hydrogen-bond donors (Lipinski definition) is 2. The molecule has 0 spiro atoms. The number of aromatic hydroxyl groups is 1. The second kappa shape index (κ2) is 8.10. The van der Waals surface area contributed by atoms with Crippen molar-refractivity contribution in [2.45, 2.75) is 19.1 Å². The molecule has 122 valence electrons. The smallest absolute Gasteiger partial charge is 0.323 e. The van der Waals surface area contributed by atoms with Gasteiger partial charge >= 0.3 is 5.97 Å². The lowest BCUT2D eigenvalue weighted by molar-refractivity contribution is -0.147. The minimum Gasteiger partial charge on any atom is -0.506 e. The van der Waals surface area contributed by atoms with Crippen molar-refractivity contribution >= 4 is 29.2 Å². The first-order chi connectivity index (χ1) is 11.0. The lowest BCUT2D eigenvalue weighted by Gasteiger charge is -2.15. The van der Waals surface area contributed by atoms with E-state index in [1.165, 1.54) is 6.20 Å². The fourth-order valence-electron chi connectivity index (χ4n) is 1.98. The van der Waals surface area contributed by atoms with Crippen molar-refractivity contribution in [3.63, 3.8) is 0 Å². The van der Waals surface area contributed by atoms with Gasteiger partial charge in [-0.15, -0.1) is 0 Å². The number of hydrogen-bond acceptors (Lipinski definition) is 6. The molecule has 0 aliphatic heterocycles. The van der Waals surface area contributed by atoms with Crippen LogP contribution in [0.3, 0.4) is 0 Å². The molecule has 1 atom stereocenters. The van der Waals surface area contributed by atoms with Crippen LogP contribution in [0.25, 0.3) is 0 Å². The fraction of sp³-hybridized carbons (Fsp3) is 0.267. The van der Waals surface area contributed by atoms with Gasteiger partial charge in [0.25, 0.3) is 0 Å². The summed E-state index contributed by atoms with van der Waals surface area (Å²) in [6.45, 7) is 0.0390. The number of halogens is 2. The largest absolute Gasteiger partial charge is 0.506 e. The van der Waals surface area contributed by atoms with Crippen LogP contribution in [0.1, 0.15) is 11.1 Å². The molecule has 0 fully saturated rings. The molecule has 0 aromatic carbocycles. The molecule has 0 aliphatic rings. The molecule has 2 aromatic heterocycles. The molecule has 0 saturated carbocycles. The molecule has 0 saturated heterocycles. The molecular formula is C15H15Cl2N3O3. The third-order valence-electron chi connectivity index (χ3n) is 3.06. The zero-order valence-corrected chi connectivity index (χ0v) is 13.8. The lowest BCUT2D eigenvalue weighted by atomic mass is 10.1. The number of carbonyl (C=O) groups is 1. The Balaban J connectivity index is 1.97. The van der Waals surface area contributed by atoms with Gasteiger partial charge in [-0.25, -0.2) is 4.98 Å². The Morgan fingerprint density at radius 3 is 2.57 bits per heavy atom. The minimum atomic E-state index is -0.564. The Morgan fingerprint density at radius 2 is 1.96 bits per heavy atom. The molecule has 2 rings (SSSR count).